The highest BCUT2D eigenvalue weighted by molar-refractivity contribution is 6.30. The van der Waals surface area contributed by atoms with Crippen molar-refractivity contribution in [2.24, 2.45) is 0 Å². The lowest BCUT2D eigenvalue weighted by Gasteiger charge is -2.08. The number of hydrogen-bond acceptors (Lipinski definition) is 1. The van der Waals surface area contributed by atoms with E-state index in [9.17, 15) is 17.6 Å². The maximum absolute atomic E-state index is 12.6. The van der Waals surface area contributed by atoms with Gasteiger partial charge in [-0.1, -0.05) is 11.6 Å². The van der Waals surface area contributed by atoms with Gasteiger partial charge in [0, 0.05) is 11.1 Å². The summed E-state index contributed by atoms with van der Waals surface area (Å²) < 4.78 is 48.6. The normalized spacial score (nSPS) is 11.8. The Bertz CT molecular complexity index is 334. The highest BCUT2D eigenvalue weighted by atomic mass is 35.5. The van der Waals surface area contributed by atoms with Crippen LogP contribution < -0.4 is 0 Å². The molecule has 0 aliphatic heterocycles. The summed E-state index contributed by atoms with van der Waals surface area (Å²) in [6.45, 7) is 0. The second-order valence-corrected chi connectivity index (χ2v) is 2.72. The zero-order chi connectivity index (χ0) is 10.2. The lowest BCUT2D eigenvalue weighted by molar-refractivity contribution is -0.140. The molecule has 0 fully saturated rings. The minimum Gasteiger partial charge on any atom is -0.505 e. The average molecular weight is 215 g/mol. The lowest BCUT2D eigenvalue weighted by Crippen LogP contribution is -2.07. The predicted molar refractivity (Wildman–Crippen MR) is 38.1 cm³/mol. The molecule has 6 heteroatoms. The van der Waals surface area contributed by atoms with Gasteiger partial charge in [-0.2, -0.15) is 13.2 Å². The van der Waals surface area contributed by atoms with Crippen LogP contribution in [0.2, 0.25) is 5.02 Å². The fraction of sp³-hybridized carbons (Fsp3) is 0.143. The van der Waals surface area contributed by atoms with E-state index in [1.807, 2.05) is 0 Å². The molecule has 1 aromatic carbocycles. The van der Waals surface area contributed by atoms with Crippen LogP contribution >= 0.6 is 11.6 Å². The Labute approximate surface area is 75.6 Å². The molecular formula is C7H3ClF4O. The molecule has 0 amide bonds. The standard InChI is InChI=1S/C7H3ClF4O/c8-3-1-4(7(10,11)12)6(9)5(13)2-3/h1-2,13H. The SMILES string of the molecule is Oc1cc(Cl)cc(C(F)(F)F)c1F. The molecule has 1 nitrogen and oxygen atoms in total. The minimum absolute atomic E-state index is 0.369. The van der Waals surface area contributed by atoms with Gasteiger partial charge in [0.25, 0.3) is 0 Å². The first-order chi connectivity index (χ1) is 5.82. The molecule has 13 heavy (non-hydrogen) atoms. The summed E-state index contributed by atoms with van der Waals surface area (Å²) in [5.41, 5.74) is -1.57. The summed E-state index contributed by atoms with van der Waals surface area (Å²) in [7, 11) is 0. The molecule has 0 saturated heterocycles. The largest absolute Gasteiger partial charge is 0.505 e. The van der Waals surface area contributed by atoms with Crippen LogP contribution in [0.15, 0.2) is 12.1 Å². The minimum atomic E-state index is -4.85. The Morgan fingerprint density at radius 3 is 2.23 bits per heavy atom. The molecule has 0 heterocycles. The van der Waals surface area contributed by atoms with Crippen LogP contribution in [0.25, 0.3) is 0 Å². The number of alkyl halides is 3. The maximum Gasteiger partial charge on any atom is 0.419 e. The zero-order valence-corrected chi connectivity index (χ0v) is 6.75. The van der Waals surface area contributed by atoms with E-state index in [0.29, 0.717) is 12.1 Å². The number of halogens is 5. The summed E-state index contributed by atoms with van der Waals surface area (Å²) in [5.74, 6) is -2.82. The third kappa shape index (κ3) is 2.03. The van der Waals surface area contributed by atoms with Crippen LogP contribution in [0.1, 0.15) is 5.56 Å². The number of hydrogen-bond donors (Lipinski definition) is 1. The van der Waals surface area contributed by atoms with Crippen molar-refractivity contribution in [2.45, 2.75) is 6.18 Å². The van der Waals surface area contributed by atoms with E-state index in [1.165, 1.54) is 0 Å². The zero-order valence-electron chi connectivity index (χ0n) is 5.99. The van der Waals surface area contributed by atoms with Crippen molar-refractivity contribution in [3.63, 3.8) is 0 Å². The second kappa shape index (κ2) is 3.06. The van der Waals surface area contributed by atoms with Crippen molar-refractivity contribution < 1.29 is 22.7 Å². The van der Waals surface area contributed by atoms with Gasteiger partial charge in [0.15, 0.2) is 11.6 Å². The van der Waals surface area contributed by atoms with E-state index >= 15 is 0 Å². The number of aromatic hydroxyl groups is 1. The maximum atomic E-state index is 12.6. The Morgan fingerprint density at radius 2 is 1.77 bits per heavy atom. The molecule has 72 valence electrons. The highest BCUT2D eigenvalue weighted by Gasteiger charge is 2.35. The molecule has 0 aliphatic carbocycles. The van der Waals surface area contributed by atoms with Crippen LogP contribution in [0.5, 0.6) is 5.75 Å². The molecule has 0 spiro atoms. The first kappa shape index (κ1) is 10.1. The molecule has 1 N–H and O–H groups in total. The number of phenolic OH excluding ortho intramolecular Hbond substituents is 1. The summed E-state index contributed by atoms with van der Waals surface area (Å²) >= 11 is 5.20. The van der Waals surface area contributed by atoms with Crippen LogP contribution in [0.4, 0.5) is 17.6 Å². The molecule has 0 bridgehead atoms. The van der Waals surface area contributed by atoms with Crippen molar-refractivity contribution in [3.8, 4) is 5.75 Å². The quantitative estimate of drug-likeness (QED) is 0.658. The number of benzene rings is 1. The summed E-state index contributed by atoms with van der Waals surface area (Å²) in [6.07, 6.45) is -4.85. The molecule has 0 radical (unpaired) electrons. The van der Waals surface area contributed by atoms with Crippen molar-refractivity contribution in [2.75, 3.05) is 0 Å². The summed E-state index contributed by atoms with van der Waals surface area (Å²) in [6, 6.07) is 1.11. The third-order valence-corrected chi connectivity index (χ3v) is 1.54. The van der Waals surface area contributed by atoms with Gasteiger partial charge in [-0.25, -0.2) is 4.39 Å². The fourth-order valence-corrected chi connectivity index (χ4v) is 0.994. The molecule has 0 unspecified atom stereocenters. The van der Waals surface area contributed by atoms with Crippen molar-refractivity contribution in [1.82, 2.24) is 0 Å². The van der Waals surface area contributed by atoms with Gasteiger partial charge in [-0.3, -0.25) is 0 Å². The monoisotopic (exact) mass is 214 g/mol. The summed E-state index contributed by atoms with van der Waals surface area (Å²) in [4.78, 5) is 0. The Balaban J connectivity index is 3.37. The van der Waals surface area contributed by atoms with Gasteiger partial charge in [0.05, 0.1) is 5.56 Å². The number of phenols is 1. The van der Waals surface area contributed by atoms with Crippen LogP contribution in [0.3, 0.4) is 0 Å². The molecule has 0 atom stereocenters. The average Bonchev–Trinajstić information content (AvgIpc) is 1.94. The first-order valence-corrected chi connectivity index (χ1v) is 3.45. The second-order valence-electron chi connectivity index (χ2n) is 2.28. The van der Waals surface area contributed by atoms with Crippen LogP contribution in [-0.2, 0) is 6.18 Å². The molecule has 0 aliphatic rings. The van der Waals surface area contributed by atoms with E-state index < -0.39 is 23.3 Å². The topological polar surface area (TPSA) is 20.2 Å². The van der Waals surface area contributed by atoms with E-state index in [1.54, 1.807) is 0 Å². The predicted octanol–water partition coefficient (Wildman–Crippen LogP) is 3.20. The molecule has 0 aromatic heterocycles. The Morgan fingerprint density at radius 1 is 1.23 bits per heavy atom. The van der Waals surface area contributed by atoms with Gasteiger partial charge in [0.1, 0.15) is 0 Å². The van der Waals surface area contributed by atoms with Crippen molar-refractivity contribution >= 4 is 11.6 Å². The van der Waals surface area contributed by atoms with Gasteiger partial charge >= 0.3 is 6.18 Å². The molecule has 0 saturated carbocycles. The molecular weight excluding hydrogens is 212 g/mol. The summed E-state index contributed by atoms with van der Waals surface area (Å²) in [5, 5.41) is 8.32. The van der Waals surface area contributed by atoms with E-state index in [4.69, 9.17) is 16.7 Å². The van der Waals surface area contributed by atoms with Gasteiger partial charge in [-0.05, 0) is 6.07 Å². The fourth-order valence-electron chi connectivity index (χ4n) is 0.781. The Kier molecular flexibility index (Phi) is 2.38. The van der Waals surface area contributed by atoms with Crippen LogP contribution in [0, 0.1) is 5.82 Å². The molecule has 1 rings (SSSR count). The van der Waals surface area contributed by atoms with Crippen molar-refractivity contribution in [1.29, 1.82) is 0 Å². The highest BCUT2D eigenvalue weighted by Crippen LogP contribution is 2.36. The van der Waals surface area contributed by atoms with Gasteiger partial charge in [0.2, 0.25) is 0 Å². The van der Waals surface area contributed by atoms with E-state index in [-0.39, 0.29) is 5.02 Å². The molecule has 1 aromatic rings. The van der Waals surface area contributed by atoms with Crippen molar-refractivity contribution in [3.05, 3.63) is 28.5 Å². The number of rotatable bonds is 0. The van der Waals surface area contributed by atoms with E-state index in [2.05, 4.69) is 0 Å². The Hall–Kier alpha value is -0.970. The smallest absolute Gasteiger partial charge is 0.419 e. The van der Waals surface area contributed by atoms with E-state index in [0.717, 1.165) is 0 Å². The third-order valence-electron chi connectivity index (χ3n) is 1.32. The van der Waals surface area contributed by atoms with Gasteiger partial charge < -0.3 is 5.11 Å². The van der Waals surface area contributed by atoms with Gasteiger partial charge in [-0.15, -0.1) is 0 Å². The first-order valence-electron chi connectivity index (χ1n) is 3.07. The van der Waals surface area contributed by atoms with Crippen LogP contribution in [-0.4, -0.2) is 5.11 Å². The lowest BCUT2D eigenvalue weighted by atomic mass is 10.2.